The van der Waals surface area contributed by atoms with Crippen LogP contribution in [0.5, 0.6) is 11.6 Å². The molecule has 0 radical (unpaired) electrons. The zero-order valence-corrected chi connectivity index (χ0v) is 23.5. The Balaban J connectivity index is 1.21. The molecule has 2 heterocycles. The molecule has 0 unspecified atom stereocenters. The van der Waals surface area contributed by atoms with Gasteiger partial charge in [-0.1, -0.05) is 24.1 Å². The Hall–Kier alpha value is -3.86. The quantitative estimate of drug-likeness (QED) is 0.274. The van der Waals surface area contributed by atoms with Gasteiger partial charge in [0.15, 0.2) is 0 Å². The Morgan fingerprint density at radius 3 is 2.59 bits per heavy atom. The highest BCUT2D eigenvalue weighted by Crippen LogP contribution is 2.47. The van der Waals surface area contributed by atoms with Crippen LogP contribution in [0.15, 0.2) is 95.2 Å². The Morgan fingerprint density at radius 1 is 1.10 bits per heavy atom. The summed E-state index contributed by atoms with van der Waals surface area (Å²) in [6, 6.07) is 17.9. The van der Waals surface area contributed by atoms with Crippen LogP contribution in [0.1, 0.15) is 36.9 Å². The Labute approximate surface area is 238 Å². The third-order valence-corrected chi connectivity index (χ3v) is 9.90. The summed E-state index contributed by atoms with van der Waals surface area (Å²) >= 11 is 0. The molecule has 0 spiro atoms. The van der Waals surface area contributed by atoms with Crippen molar-refractivity contribution < 1.29 is 22.7 Å². The van der Waals surface area contributed by atoms with Gasteiger partial charge < -0.3 is 9.84 Å². The first kappa shape index (κ1) is 27.3. The maximum absolute atomic E-state index is 13.7. The average Bonchev–Trinajstić information content (AvgIpc) is 3.59. The fourth-order valence-electron chi connectivity index (χ4n) is 6.10. The van der Waals surface area contributed by atoms with Crippen LogP contribution in [-0.2, 0) is 16.4 Å². The first-order valence-corrected chi connectivity index (χ1v) is 15.1. The van der Waals surface area contributed by atoms with Crippen LogP contribution >= 0.6 is 0 Å². The number of allylic oxidation sites excluding steroid dienone is 1. The highest BCUT2D eigenvalue weighted by Gasteiger charge is 2.38. The summed E-state index contributed by atoms with van der Waals surface area (Å²) in [5, 5.41) is 14.4. The van der Waals surface area contributed by atoms with E-state index in [1.807, 2.05) is 16.9 Å². The third kappa shape index (κ3) is 5.30. The predicted molar refractivity (Wildman–Crippen MR) is 152 cm³/mol. The Morgan fingerprint density at radius 2 is 1.88 bits per heavy atom. The maximum Gasteiger partial charge on any atom is 0.243 e. The lowest BCUT2D eigenvalue weighted by atomic mass is 9.80. The number of hydrogen-bond acceptors (Lipinski definition) is 6. The minimum absolute atomic E-state index is 0.00969. The van der Waals surface area contributed by atoms with Crippen molar-refractivity contribution in [3.63, 3.8) is 0 Å². The third-order valence-electron chi connectivity index (χ3n) is 8.02. The van der Waals surface area contributed by atoms with Crippen molar-refractivity contribution in [2.45, 2.75) is 37.0 Å². The largest absolute Gasteiger partial charge is 0.439 e. The van der Waals surface area contributed by atoms with Gasteiger partial charge in [-0.25, -0.2) is 22.5 Å². The molecule has 41 heavy (non-hydrogen) atoms. The van der Waals surface area contributed by atoms with Crippen LogP contribution in [0.3, 0.4) is 0 Å². The summed E-state index contributed by atoms with van der Waals surface area (Å²) < 4.78 is 49.9. The molecule has 2 atom stereocenters. The second-order valence-electron chi connectivity index (χ2n) is 10.5. The van der Waals surface area contributed by atoms with E-state index in [1.54, 1.807) is 42.6 Å². The number of sulfonamides is 1. The van der Waals surface area contributed by atoms with Crippen LogP contribution in [0.4, 0.5) is 4.39 Å². The van der Waals surface area contributed by atoms with Crippen molar-refractivity contribution in [2.75, 3.05) is 19.7 Å². The number of hydrogen-bond donors (Lipinski definition) is 1. The van der Waals surface area contributed by atoms with Gasteiger partial charge in [0.25, 0.3) is 0 Å². The second-order valence-corrected chi connectivity index (χ2v) is 12.4. The molecule has 0 saturated carbocycles. The van der Waals surface area contributed by atoms with E-state index < -0.39 is 10.0 Å². The van der Waals surface area contributed by atoms with E-state index in [9.17, 15) is 17.9 Å². The molecule has 0 saturated heterocycles. The first-order chi connectivity index (χ1) is 19.8. The van der Waals surface area contributed by atoms with Crippen LogP contribution in [0.25, 0.3) is 5.69 Å². The number of halogens is 1. The number of rotatable bonds is 9. The van der Waals surface area contributed by atoms with Gasteiger partial charge in [0.1, 0.15) is 11.6 Å². The molecule has 10 heteroatoms. The van der Waals surface area contributed by atoms with Crippen LogP contribution in [0, 0.1) is 11.7 Å². The van der Waals surface area contributed by atoms with Gasteiger partial charge in [-0.2, -0.15) is 9.40 Å². The Kier molecular flexibility index (Phi) is 7.46. The molecule has 0 aliphatic heterocycles. The zero-order chi connectivity index (χ0) is 28.6. The number of aliphatic hydroxyl groups excluding tert-OH is 1. The molecule has 212 valence electrons. The molecule has 2 aromatic carbocycles. The summed E-state index contributed by atoms with van der Waals surface area (Å²) in [7, 11) is -3.86. The molecule has 2 aromatic heterocycles. The van der Waals surface area contributed by atoms with E-state index in [0.29, 0.717) is 18.2 Å². The van der Waals surface area contributed by atoms with E-state index in [2.05, 4.69) is 17.0 Å². The number of aliphatic hydroxyl groups is 1. The lowest BCUT2D eigenvalue weighted by Gasteiger charge is -2.30. The monoisotopic (exact) mass is 574 g/mol. The molecule has 0 amide bonds. The molecule has 8 nitrogen and oxygen atoms in total. The molecule has 2 aliphatic carbocycles. The molecular weight excluding hydrogens is 543 g/mol. The van der Waals surface area contributed by atoms with Crippen molar-refractivity contribution >= 4 is 10.0 Å². The summed E-state index contributed by atoms with van der Waals surface area (Å²) in [4.78, 5) is 4.27. The van der Waals surface area contributed by atoms with Crippen molar-refractivity contribution in [1.82, 2.24) is 19.1 Å². The number of benzene rings is 2. The number of fused-ring (bicyclic) bond motifs is 1. The van der Waals surface area contributed by atoms with Gasteiger partial charge in [-0.15, -0.1) is 0 Å². The maximum atomic E-state index is 13.7. The van der Waals surface area contributed by atoms with Crippen molar-refractivity contribution in [3.8, 4) is 17.3 Å². The summed E-state index contributed by atoms with van der Waals surface area (Å²) in [5.41, 5.74) is 5.61. The molecule has 0 fully saturated rings. The van der Waals surface area contributed by atoms with Gasteiger partial charge in [0, 0.05) is 43.3 Å². The normalized spacial score (nSPS) is 18.4. The van der Waals surface area contributed by atoms with E-state index in [4.69, 9.17) is 4.74 Å². The van der Waals surface area contributed by atoms with E-state index in [-0.39, 0.29) is 35.7 Å². The van der Waals surface area contributed by atoms with Crippen molar-refractivity contribution in [1.29, 1.82) is 0 Å². The van der Waals surface area contributed by atoms with E-state index in [1.165, 1.54) is 39.7 Å². The smallest absolute Gasteiger partial charge is 0.243 e. The van der Waals surface area contributed by atoms with Crippen LogP contribution in [0.2, 0.25) is 0 Å². The summed E-state index contributed by atoms with van der Waals surface area (Å²) in [6.45, 7) is 2.17. The van der Waals surface area contributed by atoms with E-state index >= 15 is 0 Å². The van der Waals surface area contributed by atoms with E-state index in [0.717, 1.165) is 36.2 Å². The lowest BCUT2D eigenvalue weighted by Crippen LogP contribution is -2.38. The minimum Gasteiger partial charge on any atom is -0.439 e. The standard InChI is InChI=1S/C31H31FN4O4S/c1-21-28-19-34-36(25-9-7-24(32)8-10-25)29(28)18-22-5-6-23(31(21)22)20-35(16-17-37)41(38,39)27-13-11-26(12-14-27)40-30-4-2-3-15-33-30/h2-4,7-15,19,21,23,37H,5-6,16-18,20H2,1H3/t21-,23+/m0/s1. The fourth-order valence-corrected chi connectivity index (χ4v) is 7.58. The molecule has 2 aliphatic rings. The van der Waals surface area contributed by atoms with Gasteiger partial charge in [-0.05, 0) is 73.4 Å². The number of aromatic nitrogens is 3. The first-order valence-electron chi connectivity index (χ1n) is 13.7. The van der Waals surface area contributed by atoms with Crippen LogP contribution in [-0.4, -0.2) is 52.3 Å². The van der Waals surface area contributed by atoms with Gasteiger partial charge in [-0.3, -0.25) is 0 Å². The molecule has 4 aromatic rings. The van der Waals surface area contributed by atoms with Crippen molar-refractivity contribution in [3.05, 3.63) is 107 Å². The minimum atomic E-state index is -3.86. The van der Waals surface area contributed by atoms with Gasteiger partial charge >= 0.3 is 0 Å². The molecular formula is C31H31FN4O4S. The second kappa shape index (κ2) is 11.2. The summed E-state index contributed by atoms with van der Waals surface area (Å²) in [5.74, 6) is 0.730. The Bertz CT molecular complexity index is 1670. The number of pyridine rings is 1. The van der Waals surface area contributed by atoms with Gasteiger partial charge in [0.2, 0.25) is 15.9 Å². The fraction of sp³-hybridized carbons (Fsp3) is 0.290. The molecule has 6 rings (SSSR count). The van der Waals surface area contributed by atoms with Crippen molar-refractivity contribution in [2.24, 2.45) is 5.92 Å². The lowest BCUT2D eigenvalue weighted by molar-refractivity contribution is 0.243. The highest BCUT2D eigenvalue weighted by atomic mass is 32.2. The zero-order valence-electron chi connectivity index (χ0n) is 22.6. The van der Waals surface area contributed by atoms with Crippen LogP contribution < -0.4 is 4.74 Å². The summed E-state index contributed by atoms with van der Waals surface area (Å²) in [6.07, 6.45) is 5.95. The molecule has 0 bridgehead atoms. The molecule has 1 N–H and O–H groups in total. The highest BCUT2D eigenvalue weighted by molar-refractivity contribution is 7.89. The van der Waals surface area contributed by atoms with Gasteiger partial charge in [0.05, 0.1) is 29.1 Å². The topological polar surface area (TPSA) is 97.6 Å². The average molecular weight is 575 g/mol. The predicted octanol–water partition coefficient (Wildman–Crippen LogP) is 5.25. The number of nitrogens with zero attached hydrogens (tertiary/aromatic N) is 4. The SMILES string of the molecule is C[C@@H]1C2=C(CC[C@@H]2CN(CCO)S(=O)(=O)c2ccc(Oc3ccccn3)cc2)Cc2c1cnn2-c1ccc(F)cc1. The number of ether oxygens (including phenoxy) is 1.